The van der Waals surface area contributed by atoms with Crippen LogP contribution in [0.5, 0.6) is 5.75 Å². The molecule has 1 aromatic carbocycles. The molecule has 8 heteroatoms. The van der Waals surface area contributed by atoms with Gasteiger partial charge in [0.15, 0.2) is 0 Å². The predicted octanol–water partition coefficient (Wildman–Crippen LogP) is 4.11. The number of rotatable bonds is 4. The highest BCUT2D eigenvalue weighted by atomic mass is 19.4. The van der Waals surface area contributed by atoms with Gasteiger partial charge in [-0.15, -0.1) is 0 Å². The molecule has 0 bridgehead atoms. The summed E-state index contributed by atoms with van der Waals surface area (Å²) in [4.78, 5) is 15.1. The van der Waals surface area contributed by atoms with Gasteiger partial charge in [-0.3, -0.25) is 0 Å². The van der Waals surface area contributed by atoms with Gasteiger partial charge in [-0.25, -0.2) is 4.79 Å². The average molecular weight is 395 g/mol. The van der Waals surface area contributed by atoms with Crippen LogP contribution in [0.2, 0.25) is 0 Å². The van der Waals surface area contributed by atoms with Crippen molar-refractivity contribution in [1.29, 1.82) is 0 Å². The normalized spacial score (nSPS) is 14.3. The lowest BCUT2D eigenvalue weighted by Crippen LogP contribution is -2.47. The van der Waals surface area contributed by atoms with Gasteiger partial charge in [0.1, 0.15) is 11.3 Å². The van der Waals surface area contributed by atoms with Crippen LogP contribution in [0.15, 0.2) is 33.5 Å². The molecule has 2 N–H and O–H groups in total. The molecule has 0 saturated carbocycles. The largest absolute Gasteiger partial charge is 0.497 e. The minimum Gasteiger partial charge on any atom is -0.497 e. The number of aryl methyl sites for hydroxylation is 1. The van der Waals surface area contributed by atoms with Crippen LogP contribution in [0.25, 0.3) is 11.0 Å². The van der Waals surface area contributed by atoms with E-state index in [9.17, 15) is 23.1 Å². The van der Waals surface area contributed by atoms with Crippen molar-refractivity contribution in [2.45, 2.75) is 39.0 Å². The number of alkyl halides is 3. The number of aromatic nitrogens is 1. The van der Waals surface area contributed by atoms with Crippen LogP contribution in [0.3, 0.4) is 0 Å². The number of aliphatic hydroxyl groups is 1. The van der Waals surface area contributed by atoms with Crippen LogP contribution in [0, 0.1) is 13.8 Å². The topological polar surface area (TPSA) is 75.5 Å². The molecule has 5 nitrogen and oxygen atoms in total. The van der Waals surface area contributed by atoms with Crippen molar-refractivity contribution in [2.75, 3.05) is 7.11 Å². The Morgan fingerprint density at radius 1 is 1.21 bits per heavy atom. The highest BCUT2D eigenvalue weighted by Crippen LogP contribution is 2.45. The Balaban J connectivity index is 2.35. The first-order chi connectivity index (χ1) is 13.0. The third-order valence-electron chi connectivity index (χ3n) is 5.05. The third kappa shape index (κ3) is 2.88. The Kier molecular flexibility index (Phi) is 4.79. The molecule has 0 saturated heterocycles. The second-order valence-corrected chi connectivity index (χ2v) is 6.64. The number of halogens is 3. The monoisotopic (exact) mass is 395 g/mol. The Morgan fingerprint density at radius 3 is 2.43 bits per heavy atom. The van der Waals surface area contributed by atoms with Gasteiger partial charge >= 0.3 is 11.8 Å². The molecule has 0 spiro atoms. The Bertz CT molecular complexity index is 1100. The maximum atomic E-state index is 14.1. The van der Waals surface area contributed by atoms with Crippen molar-refractivity contribution >= 4 is 11.0 Å². The highest BCUT2D eigenvalue weighted by molar-refractivity contribution is 5.79. The summed E-state index contributed by atoms with van der Waals surface area (Å²) in [6.07, 6.45) is -4.68. The molecular weight excluding hydrogens is 375 g/mol. The lowest BCUT2D eigenvalue weighted by molar-refractivity contribution is -0.250. The zero-order valence-electron chi connectivity index (χ0n) is 15.8. The van der Waals surface area contributed by atoms with Gasteiger partial charge in [0.2, 0.25) is 5.60 Å². The third-order valence-corrected chi connectivity index (χ3v) is 5.05. The fourth-order valence-electron chi connectivity index (χ4n) is 3.58. The average Bonchev–Trinajstić information content (AvgIpc) is 2.92. The van der Waals surface area contributed by atoms with E-state index in [1.165, 1.54) is 32.2 Å². The van der Waals surface area contributed by atoms with E-state index in [-0.39, 0.29) is 16.5 Å². The maximum Gasteiger partial charge on any atom is 0.427 e. The number of hydrogen-bond donors (Lipinski definition) is 2. The molecule has 0 aliphatic heterocycles. The van der Waals surface area contributed by atoms with Crippen molar-refractivity contribution in [2.24, 2.45) is 0 Å². The van der Waals surface area contributed by atoms with Crippen LogP contribution in [0.1, 0.15) is 35.0 Å². The molecule has 3 aromatic rings. The second kappa shape index (κ2) is 6.70. The molecule has 28 heavy (non-hydrogen) atoms. The van der Waals surface area contributed by atoms with E-state index in [1.807, 2.05) is 0 Å². The highest BCUT2D eigenvalue weighted by Gasteiger charge is 2.60. The van der Waals surface area contributed by atoms with E-state index in [1.54, 1.807) is 13.8 Å². The van der Waals surface area contributed by atoms with E-state index in [2.05, 4.69) is 4.98 Å². The number of fused-ring (bicyclic) bond motifs is 1. The molecule has 0 radical (unpaired) electrons. The van der Waals surface area contributed by atoms with Crippen LogP contribution >= 0.6 is 0 Å². The van der Waals surface area contributed by atoms with Gasteiger partial charge < -0.3 is 19.2 Å². The molecule has 2 heterocycles. The van der Waals surface area contributed by atoms with Crippen molar-refractivity contribution in [1.82, 2.24) is 4.98 Å². The fraction of sp³-hybridized carbons (Fsp3) is 0.350. The summed E-state index contributed by atoms with van der Waals surface area (Å²) in [5.41, 5.74) is -4.70. The first kappa shape index (κ1) is 20.0. The number of nitrogens with one attached hydrogen (secondary N) is 1. The minimum absolute atomic E-state index is 0.0614. The summed E-state index contributed by atoms with van der Waals surface area (Å²) in [7, 11) is 1.41. The standard InChI is InChI=1S/C20H20F3NO4/c1-5-14-10(2)17(24-11(14)3)19(26,20(21,22)23)15-8-12-6-7-13(27-4)9-16(12)28-18(15)25/h6-9,24,26H,5H2,1-4H3. The fourth-order valence-corrected chi connectivity index (χ4v) is 3.58. The molecule has 0 aliphatic rings. The van der Waals surface area contributed by atoms with Gasteiger partial charge in [0.05, 0.1) is 18.4 Å². The van der Waals surface area contributed by atoms with E-state index in [4.69, 9.17) is 9.15 Å². The first-order valence-corrected chi connectivity index (χ1v) is 8.64. The number of aromatic amines is 1. The quantitative estimate of drug-likeness (QED) is 0.652. The molecule has 0 fully saturated rings. The zero-order chi connectivity index (χ0) is 20.9. The summed E-state index contributed by atoms with van der Waals surface area (Å²) in [5.74, 6) is 0.387. The Morgan fingerprint density at radius 2 is 1.89 bits per heavy atom. The molecular formula is C20H20F3NO4. The van der Waals surface area contributed by atoms with Crippen molar-refractivity contribution in [3.63, 3.8) is 0 Å². The molecule has 1 unspecified atom stereocenters. The van der Waals surface area contributed by atoms with Crippen molar-refractivity contribution < 1.29 is 27.4 Å². The SMILES string of the molecule is CCc1c(C)[nH]c(C(O)(c2cc3ccc(OC)cc3oc2=O)C(F)(F)F)c1C. The predicted molar refractivity (Wildman–Crippen MR) is 97.7 cm³/mol. The van der Waals surface area contributed by atoms with Crippen LogP contribution in [0.4, 0.5) is 13.2 Å². The molecule has 0 aliphatic carbocycles. The van der Waals surface area contributed by atoms with E-state index >= 15 is 0 Å². The number of ether oxygens (including phenoxy) is 1. The lowest BCUT2D eigenvalue weighted by Gasteiger charge is -2.30. The summed E-state index contributed by atoms with van der Waals surface area (Å²) < 4.78 is 52.5. The van der Waals surface area contributed by atoms with Gasteiger partial charge in [-0.2, -0.15) is 13.2 Å². The van der Waals surface area contributed by atoms with Crippen molar-refractivity contribution in [3.8, 4) is 5.75 Å². The Labute approximate surface area is 158 Å². The summed E-state index contributed by atoms with van der Waals surface area (Å²) in [6.45, 7) is 4.92. The van der Waals surface area contributed by atoms with Gasteiger partial charge in [-0.05, 0) is 49.6 Å². The maximum absolute atomic E-state index is 14.1. The van der Waals surface area contributed by atoms with E-state index < -0.39 is 28.7 Å². The Hall–Kier alpha value is -2.74. The number of benzene rings is 1. The number of methoxy groups -OCH3 is 1. The van der Waals surface area contributed by atoms with Crippen LogP contribution < -0.4 is 10.4 Å². The first-order valence-electron chi connectivity index (χ1n) is 8.64. The van der Waals surface area contributed by atoms with E-state index in [0.29, 0.717) is 23.4 Å². The summed E-state index contributed by atoms with van der Waals surface area (Å²) >= 11 is 0. The smallest absolute Gasteiger partial charge is 0.427 e. The molecule has 0 amide bonds. The molecule has 2 aromatic heterocycles. The number of H-pyrrole nitrogens is 1. The van der Waals surface area contributed by atoms with E-state index in [0.717, 1.165) is 6.07 Å². The van der Waals surface area contributed by atoms with Crippen LogP contribution in [-0.2, 0) is 12.0 Å². The van der Waals surface area contributed by atoms with Crippen LogP contribution in [-0.4, -0.2) is 23.4 Å². The van der Waals surface area contributed by atoms with Gasteiger partial charge in [0, 0.05) is 17.1 Å². The second-order valence-electron chi connectivity index (χ2n) is 6.64. The summed E-state index contributed by atoms with van der Waals surface area (Å²) in [6, 6.07) is 5.39. The molecule has 3 rings (SSSR count). The number of hydrogen-bond acceptors (Lipinski definition) is 4. The minimum atomic E-state index is -5.16. The lowest BCUT2D eigenvalue weighted by atomic mass is 9.87. The van der Waals surface area contributed by atoms with Gasteiger partial charge in [0.25, 0.3) is 0 Å². The van der Waals surface area contributed by atoms with Gasteiger partial charge in [-0.1, -0.05) is 6.92 Å². The molecule has 1 atom stereocenters. The van der Waals surface area contributed by atoms with Crippen molar-refractivity contribution in [3.05, 3.63) is 62.8 Å². The molecule has 150 valence electrons. The zero-order valence-corrected chi connectivity index (χ0v) is 15.8. The summed E-state index contributed by atoms with van der Waals surface area (Å²) in [5, 5.41) is 11.1.